The van der Waals surface area contributed by atoms with Crippen LogP contribution in [0.25, 0.3) is 0 Å². The molecule has 5 aliphatic carbocycles. The zero-order chi connectivity index (χ0) is 22.6. The van der Waals surface area contributed by atoms with Gasteiger partial charge in [-0.05, 0) is 128 Å². The molecule has 5 aliphatic rings. The van der Waals surface area contributed by atoms with Crippen LogP contribution in [0.3, 0.4) is 0 Å². The van der Waals surface area contributed by atoms with E-state index < -0.39 is 0 Å². The predicted molar refractivity (Wildman–Crippen MR) is 131 cm³/mol. The molecule has 32 heavy (non-hydrogen) atoms. The van der Waals surface area contributed by atoms with Gasteiger partial charge in [-0.1, -0.05) is 53.7 Å². The molecule has 0 amide bonds. The molecule has 5 saturated carbocycles. The summed E-state index contributed by atoms with van der Waals surface area (Å²) < 4.78 is 0. The minimum atomic E-state index is -0.118. The van der Waals surface area contributed by atoms with Gasteiger partial charge in [0.1, 0.15) is 0 Å². The first kappa shape index (κ1) is 26.2. The fourth-order valence-corrected chi connectivity index (χ4v) is 11.5. The van der Waals surface area contributed by atoms with Crippen LogP contribution in [0.1, 0.15) is 113 Å². The summed E-state index contributed by atoms with van der Waals surface area (Å²) in [5.74, 6) is 3.98. The Morgan fingerprint density at radius 1 is 0.750 bits per heavy atom. The van der Waals surface area contributed by atoms with E-state index in [1.54, 1.807) is 0 Å². The van der Waals surface area contributed by atoms with Gasteiger partial charge < -0.3 is 5.11 Å². The second-order valence-corrected chi connectivity index (χ2v) is 14.7. The average Bonchev–Trinajstić information content (AvgIpc) is 3.04. The Morgan fingerprint density at radius 3 is 2.09 bits per heavy atom. The molecule has 0 heterocycles. The van der Waals surface area contributed by atoms with E-state index in [0.29, 0.717) is 27.6 Å². The van der Waals surface area contributed by atoms with Crippen LogP contribution in [0.4, 0.5) is 0 Å². The van der Waals surface area contributed by atoms with Crippen LogP contribution in [0, 0.1) is 101 Å². The van der Waals surface area contributed by atoms with Crippen LogP contribution in [-0.2, 0) is 0 Å². The van der Waals surface area contributed by atoms with Gasteiger partial charge in [0.25, 0.3) is 0 Å². The normalized spacial score (nSPS) is 56.1. The quantitative estimate of drug-likeness (QED) is 0.284. The maximum absolute atomic E-state index is 10.9. The van der Waals surface area contributed by atoms with Crippen molar-refractivity contribution in [2.24, 2.45) is 56.7 Å². The average molecular weight is 654 g/mol. The molecule has 5 unspecified atom stereocenters. The first-order valence-electron chi connectivity index (χ1n) is 13.6. The van der Waals surface area contributed by atoms with Crippen LogP contribution in [0.5, 0.6) is 0 Å². The molecule has 1 N–H and O–H groups in total. The van der Waals surface area contributed by atoms with Crippen molar-refractivity contribution >= 4 is 0 Å². The Bertz CT molecular complexity index is 773. The van der Waals surface area contributed by atoms with Crippen molar-refractivity contribution in [1.82, 2.24) is 0 Å². The maximum Gasteiger partial charge on any atom is 0.0594 e. The van der Waals surface area contributed by atoms with Crippen LogP contribution in [-0.4, -0.2) is 11.2 Å². The van der Waals surface area contributed by atoms with E-state index in [1.165, 1.54) is 63.4 Å². The van der Waals surface area contributed by atoms with Crippen molar-refractivity contribution < 1.29 is 49.2 Å². The van der Waals surface area contributed by atoms with Crippen LogP contribution in [0.2, 0.25) is 0 Å². The molecule has 0 aromatic heterocycles. The SMILES string of the molecule is C=C(C)[C@@H]1CC[C@]2(C)CC[C@]3(C)C(CCC4[C@@]5(C)CCC(O)C(C)(C)C5CC[C@]43C)C12.[Ac]. The van der Waals surface area contributed by atoms with Gasteiger partial charge in [-0.2, -0.15) is 0 Å². The summed E-state index contributed by atoms with van der Waals surface area (Å²) in [5.41, 5.74) is 3.38. The Kier molecular flexibility index (Phi) is 6.61. The van der Waals surface area contributed by atoms with Crippen molar-refractivity contribution in [2.75, 3.05) is 0 Å². The molecular weight excluding hydrogens is 603 g/mol. The first-order chi connectivity index (χ1) is 14.3. The zero-order valence-electron chi connectivity index (χ0n) is 22.3. The molecule has 2 heteroatoms. The van der Waals surface area contributed by atoms with E-state index in [-0.39, 0.29) is 55.6 Å². The van der Waals surface area contributed by atoms with E-state index in [2.05, 4.69) is 55.0 Å². The molecule has 1 nitrogen and oxygen atoms in total. The topological polar surface area (TPSA) is 20.2 Å². The molecule has 0 saturated heterocycles. The van der Waals surface area contributed by atoms with Crippen molar-refractivity contribution in [3.8, 4) is 0 Å². The molecule has 0 spiro atoms. The van der Waals surface area contributed by atoms with Gasteiger partial charge in [-0.25, -0.2) is 0 Å². The third-order valence-corrected chi connectivity index (χ3v) is 13.5. The van der Waals surface area contributed by atoms with Crippen LogP contribution in [0.15, 0.2) is 12.2 Å². The molecule has 0 bridgehead atoms. The van der Waals surface area contributed by atoms with E-state index >= 15 is 0 Å². The summed E-state index contributed by atoms with van der Waals surface area (Å²) in [4.78, 5) is 0. The number of aliphatic hydroxyl groups excluding tert-OH is 1. The minimum Gasteiger partial charge on any atom is -0.393 e. The Morgan fingerprint density at radius 2 is 1.44 bits per heavy atom. The van der Waals surface area contributed by atoms with Gasteiger partial charge in [-0.3, -0.25) is 0 Å². The molecule has 1 radical (unpaired) electrons. The molecule has 0 aromatic rings. The van der Waals surface area contributed by atoms with E-state index in [0.717, 1.165) is 30.1 Å². The summed E-state index contributed by atoms with van der Waals surface area (Å²) >= 11 is 0. The number of aliphatic hydroxyl groups is 1. The molecular formula is C30H50AcO. The second-order valence-electron chi connectivity index (χ2n) is 14.7. The molecule has 0 aromatic carbocycles. The van der Waals surface area contributed by atoms with Gasteiger partial charge in [0.15, 0.2) is 0 Å². The Hall–Kier alpha value is 1.14. The standard InChI is InChI=1S/C30H50O.Ac/c1-19(2)20-11-14-27(5)17-18-29(7)21(25(20)27)9-10-23-28(6)15-13-24(31)26(3,4)22(28)12-16-30(23,29)8;/h20-25,31H,1,9-18H2,2-8H3;/t20-,21?,22?,23?,24?,25?,27+,28-,29+,30+;/m0./s1. The molecule has 179 valence electrons. The molecule has 10 atom stereocenters. The number of allylic oxidation sites excluding steroid dienone is 1. The van der Waals surface area contributed by atoms with Gasteiger partial charge in [0, 0.05) is 44.1 Å². The molecule has 5 fully saturated rings. The van der Waals surface area contributed by atoms with Crippen molar-refractivity contribution in [3.05, 3.63) is 12.2 Å². The monoisotopic (exact) mass is 653 g/mol. The van der Waals surface area contributed by atoms with E-state index in [4.69, 9.17) is 0 Å². The number of hydrogen-bond acceptors (Lipinski definition) is 1. The van der Waals surface area contributed by atoms with Gasteiger partial charge >= 0.3 is 0 Å². The Balaban J connectivity index is 0.00000245. The van der Waals surface area contributed by atoms with E-state index in [1.807, 2.05) is 0 Å². The fraction of sp³-hybridized carbons (Fsp3) is 0.933. The second kappa shape index (κ2) is 8.07. The summed E-state index contributed by atoms with van der Waals surface area (Å²) in [6.45, 7) is 22.3. The predicted octanol–water partition coefficient (Wildman–Crippen LogP) is 8.02. The Labute approximate surface area is 234 Å². The number of fused-ring (bicyclic) bond motifs is 7. The fourth-order valence-electron chi connectivity index (χ4n) is 11.5. The van der Waals surface area contributed by atoms with Gasteiger partial charge in [-0.15, -0.1) is 0 Å². The van der Waals surface area contributed by atoms with E-state index in [9.17, 15) is 5.11 Å². The number of hydrogen-bond donors (Lipinski definition) is 1. The minimum absolute atomic E-state index is 0. The zero-order valence-corrected chi connectivity index (χ0v) is 27.0. The summed E-state index contributed by atoms with van der Waals surface area (Å²) in [6, 6.07) is 0. The third kappa shape index (κ3) is 3.19. The number of rotatable bonds is 1. The first-order valence-corrected chi connectivity index (χ1v) is 13.6. The van der Waals surface area contributed by atoms with Gasteiger partial charge in [0.05, 0.1) is 6.10 Å². The molecule has 0 aliphatic heterocycles. The summed E-state index contributed by atoms with van der Waals surface area (Å²) in [5, 5.41) is 10.9. The summed E-state index contributed by atoms with van der Waals surface area (Å²) in [6.07, 6.45) is 13.4. The maximum atomic E-state index is 10.9. The molecule has 5 rings (SSSR count). The summed E-state index contributed by atoms with van der Waals surface area (Å²) in [7, 11) is 0. The largest absolute Gasteiger partial charge is 0.393 e. The third-order valence-electron chi connectivity index (χ3n) is 13.5. The van der Waals surface area contributed by atoms with Crippen molar-refractivity contribution in [1.29, 1.82) is 0 Å². The van der Waals surface area contributed by atoms with Crippen molar-refractivity contribution in [2.45, 2.75) is 119 Å². The van der Waals surface area contributed by atoms with Crippen LogP contribution >= 0.6 is 0 Å². The van der Waals surface area contributed by atoms with Crippen LogP contribution < -0.4 is 0 Å². The smallest absolute Gasteiger partial charge is 0.0594 e. The van der Waals surface area contributed by atoms with Gasteiger partial charge in [0.2, 0.25) is 0 Å². The van der Waals surface area contributed by atoms with Crippen molar-refractivity contribution in [3.63, 3.8) is 0 Å².